The molecule has 6 heteroatoms. The van der Waals surface area contributed by atoms with Crippen molar-refractivity contribution >= 4 is 28.8 Å². The number of nitrogens with two attached hydrogens (primary N) is 1. The van der Waals surface area contributed by atoms with Gasteiger partial charge in [0.15, 0.2) is 0 Å². The molecular weight excluding hydrogens is 253 g/mol. The maximum Gasteiger partial charge on any atom is 0.223 e. The molecule has 18 heavy (non-hydrogen) atoms. The fourth-order valence-corrected chi connectivity index (χ4v) is 1.47. The van der Waals surface area contributed by atoms with Crippen molar-refractivity contribution in [2.45, 2.75) is 6.42 Å². The fourth-order valence-electron chi connectivity index (χ4n) is 1.34. The molecular formula is C12H16FN3OS. The molecule has 3 N–H and O–H groups in total. The van der Waals surface area contributed by atoms with Crippen LogP contribution in [0.2, 0.25) is 0 Å². The van der Waals surface area contributed by atoms with E-state index in [4.69, 9.17) is 18.0 Å². The summed E-state index contributed by atoms with van der Waals surface area (Å²) < 4.78 is 13.6. The van der Waals surface area contributed by atoms with Gasteiger partial charge in [0.05, 0.1) is 5.69 Å². The minimum Gasteiger partial charge on any atom is -0.389 e. The number of halogens is 1. The van der Waals surface area contributed by atoms with E-state index >= 15 is 0 Å². The van der Waals surface area contributed by atoms with E-state index < -0.39 is 5.82 Å². The lowest BCUT2D eigenvalue weighted by molar-refractivity contribution is -0.128. The van der Waals surface area contributed by atoms with Crippen LogP contribution in [0.25, 0.3) is 0 Å². The molecule has 0 aliphatic carbocycles. The average molecular weight is 269 g/mol. The Morgan fingerprint density at radius 3 is 2.67 bits per heavy atom. The Morgan fingerprint density at radius 2 is 2.17 bits per heavy atom. The van der Waals surface area contributed by atoms with Crippen molar-refractivity contribution in [2.75, 3.05) is 26.0 Å². The van der Waals surface area contributed by atoms with Crippen molar-refractivity contribution in [1.29, 1.82) is 0 Å². The summed E-state index contributed by atoms with van der Waals surface area (Å²) in [5, 5.41) is 2.86. The first-order valence-corrected chi connectivity index (χ1v) is 5.86. The summed E-state index contributed by atoms with van der Waals surface area (Å²) in [6.07, 6.45) is 0.309. The molecule has 1 rings (SSSR count). The van der Waals surface area contributed by atoms with E-state index in [-0.39, 0.29) is 10.9 Å². The van der Waals surface area contributed by atoms with Crippen molar-refractivity contribution in [2.24, 2.45) is 5.73 Å². The van der Waals surface area contributed by atoms with Crippen LogP contribution in [0.3, 0.4) is 0 Å². The first-order chi connectivity index (χ1) is 8.41. The lowest BCUT2D eigenvalue weighted by Gasteiger charge is -2.12. The van der Waals surface area contributed by atoms with Gasteiger partial charge in [0.2, 0.25) is 5.91 Å². The van der Waals surface area contributed by atoms with E-state index in [9.17, 15) is 9.18 Å². The molecule has 0 atom stereocenters. The van der Waals surface area contributed by atoms with Gasteiger partial charge in [-0.1, -0.05) is 12.2 Å². The summed E-state index contributed by atoms with van der Waals surface area (Å²) in [6.45, 7) is 0.375. The number of benzene rings is 1. The number of amides is 1. The molecule has 0 aliphatic rings. The van der Waals surface area contributed by atoms with Gasteiger partial charge >= 0.3 is 0 Å². The smallest absolute Gasteiger partial charge is 0.223 e. The number of nitrogens with one attached hydrogen (secondary N) is 1. The second-order valence-corrected chi connectivity index (χ2v) is 4.46. The van der Waals surface area contributed by atoms with Crippen LogP contribution >= 0.6 is 12.2 Å². The van der Waals surface area contributed by atoms with E-state index in [0.29, 0.717) is 24.2 Å². The first kappa shape index (κ1) is 14.4. The van der Waals surface area contributed by atoms with Gasteiger partial charge in [0, 0.05) is 32.6 Å². The largest absolute Gasteiger partial charge is 0.389 e. The molecule has 1 aromatic rings. The van der Waals surface area contributed by atoms with Gasteiger partial charge in [-0.05, 0) is 18.2 Å². The van der Waals surface area contributed by atoms with Crippen LogP contribution in [-0.2, 0) is 4.79 Å². The van der Waals surface area contributed by atoms with Crippen molar-refractivity contribution in [3.05, 3.63) is 29.6 Å². The number of thiocarbonyl (C=S) groups is 1. The quantitative estimate of drug-likeness (QED) is 0.792. The van der Waals surface area contributed by atoms with Gasteiger partial charge in [-0.3, -0.25) is 4.79 Å². The number of anilines is 1. The molecule has 0 heterocycles. The van der Waals surface area contributed by atoms with Crippen LogP contribution in [0.1, 0.15) is 12.0 Å². The van der Waals surface area contributed by atoms with E-state index in [1.54, 1.807) is 26.2 Å². The standard InChI is InChI=1S/C12H16FN3OS/c1-16(2)11(17)5-6-15-10-4-3-8(12(14)18)7-9(10)13/h3-4,7,15H,5-6H2,1-2H3,(H2,14,18). The lowest BCUT2D eigenvalue weighted by atomic mass is 10.2. The summed E-state index contributed by atoms with van der Waals surface area (Å²) in [6, 6.07) is 4.48. The van der Waals surface area contributed by atoms with Gasteiger partial charge in [-0.25, -0.2) is 4.39 Å². The minimum atomic E-state index is -0.433. The molecule has 0 unspecified atom stereocenters. The van der Waals surface area contributed by atoms with Crippen LogP contribution in [0, 0.1) is 5.82 Å². The van der Waals surface area contributed by atoms with Gasteiger partial charge in [-0.15, -0.1) is 0 Å². The van der Waals surface area contributed by atoms with Crippen LogP contribution in [0.15, 0.2) is 18.2 Å². The molecule has 0 radical (unpaired) electrons. The number of hydrogen-bond donors (Lipinski definition) is 2. The molecule has 1 aromatic carbocycles. The number of carbonyl (C=O) groups excluding carboxylic acids is 1. The topological polar surface area (TPSA) is 58.4 Å². The molecule has 0 saturated heterocycles. The van der Waals surface area contributed by atoms with Crippen molar-refractivity contribution < 1.29 is 9.18 Å². The molecule has 0 aliphatic heterocycles. The predicted octanol–water partition coefficient (Wildman–Crippen LogP) is 1.35. The molecule has 0 fully saturated rings. The summed E-state index contributed by atoms with van der Waals surface area (Å²) in [4.78, 5) is 13.0. The molecule has 0 saturated carbocycles. The Labute approximate surface area is 111 Å². The Bertz CT molecular complexity index is 463. The molecule has 98 valence electrons. The monoisotopic (exact) mass is 269 g/mol. The average Bonchev–Trinajstić information content (AvgIpc) is 2.30. The zero-order valence-corrected chi connectivity index (χ0v) is 11.2. The number of nitrogens with zero attached hydrogens (tertiary/aromatic N) is 1. The summed E-state index contributed by atoms with van der Waals surface area (Å²) in [5.41, 5.74) is 6.22. The highest BCUT2D eigenvalue weighted by atomic mass is 32.1. The van der Waals surface area contributed by atoms with Crippen LogP contribution < -0.4 is 11.1 Å². The number of rotatable bonds is 5. The second kappa shape index (κ2) is 6.30. The van der Waals surface area contributed by atoms with Crippen molar-refractivity contribution in [3.8, 4) is 0 Å². The Balaban J connectivity index is 2.58. The highest BCUT2D eigenvalue weighted by molar-refractivity contribution is 7.80. The molecule has 0 bridgehead atoms. The van der Waals surface area contributed by atoms with Gasteiger partial charge in [0.1, 0.15) is 10.8 Å². The minimum absolute atomic E-state index is 0.0114. The van der Waals surface area contributed by atoms with Gasteiger partial charge in [0.25, 0.3) is 0 Å². The van der Waals surface area contributed by atoms with E-state index in [2.05, 4.69) is 5.32 Å². The van der Waals surface area contributed by atoms with Crippen molar-refractivity contribution in [1.82, 2.24) is 4.90 Å². The van der Waals surface area contributed by atoms with E-state index in [0.717, 1.165) is 0 Å². The fraction of sp³-hybridized carbons (Fsp3) is 0.333. The zero-order valence-electron chi connectivity index (χ0n) is 10.4. The molecule has 4 nitrogen and oxygen atoms in total. The number of hydrogen-bond acceptors (Lipinski definition) is 3. The third kappa shape index (κ3) is 3.96. The SMILES string of the molecule is CN(C)C(=O)CCNc1ccc(C(N)=S)cc1F. The van der Waals surface area contributed by atoms with Crippen LogP contribution in [-0.4, -0.2) is 36.4 Å². The van der Waals surface area contributed by atoms with E-state index in [1.807, 2.05) is 0 Å². The summed E-state index contributed by atoms with van der Waals surface area (Å²) in [5.74, 6) is -0.444. The van der Waals surface area contributed by atoms with Gasteiger partial charge < -0.3 is 16.0 Å². The number of carbonyl (C=O) groups is 1. The van der Waals surface area contributed by atoms with Gasteiger partial charge in [-0.2, -0.15) is 0 Å². The maximum atomic E-state index is 13.6. The van der Waals surface area contributed by atoms with Crippen LogP contribution in [0.5, 0.6) is 0 Å². The Hall–Kier alpha value is -1.69. The third-order valence-corrected chi connectivity index (χ3v) is 2.64. The highest BCUT2D eigenvalue weighted by Crippen LogP contribution is 2.15. The lowest BCUT2D eigenvalue weighted by Crippen LogP contribution is -2.24. The molecule has 0 aromatic heterocycles. The maximum absolute atomic E-state index is 13.6. The molecule has 1 amide bonds. The highest BCUT2D eigenvalue weighted by Gasteiger charge is 2.07. The zero-order chi connectivity index (χ0) is 13.7. The van der Waals surface area contributed by atoms with Crippen molar-refractivity contribution in [3.63, 3.8) is 0 Å². The molecule has 0 spiro atoms. The Morgan fingerprint density at radius 1 is 1.50 bits per heavy atom. The predicted molar refractivity (Wildman–Crippen MR) is 74.1 cm³/mol. The normalized spacial score (nSPS) is 9.94. The second-order valence-electron chi connectivity index (χ2n) is 4.02. The van der Waals surface area contributed by atoms with E-state index in [1.165, 1.54) is 11.0 Å². The first-order valence-electron chi connectivity index (χ1n) is 5.45. The Kier molecular flexibility index (Phi) is 5.03. The summed E-state index contributed by atoms with van der Waals surface area (Å²) in [7, 11) is 3.36. The van der Waals surface area contributed by atoms with Crippen LogP contribution in [0.4, 0.5) is 10.1 Å². The third-order valence-electron chi connectivity index (χ3n) is 2.41. The summed E-state index contributed by atoms with van der Waals surface area (Å²) >= 11 is 4.76.